The predicted molar refractivity (Wildman–Crippen MR) is 110 cm³/mol. The number of rotatable bonds is 7. The van der Waals surface area contributed by atoms with Crippen LogP contribution in [0.25, 0.3) is 0 Å². The molecule has 0 bridgehead atoms. The number of aromatic nitrogens is 2. The first-order valence-electron chi connectivity index (χ1n) is 10.1. The van der Waals surface area contributed by atoms with Crippen LogP contribution in [0.2, 0.25) is 0 Å². The number of hydrogen-bond donors (Lipinski definition) is 0. The number of carbonyl (C=O) groups is 1. The summed E-state index contributed by atoms with van der Waals surface area (Å²) in [5.74, 6) is 1.91. The van der Waals surface area contributed by atoms with Gasteiger partial charge in [0.05, 0.1) is 6.42 Å². The molecule has 0 unspecified atom stereocenters. The Labute approximate surface area is 163 Å². The molecule has 27 heavy (non-hydrogen) atoms. The van der Waals surface area contributed by atoms with Crippen LogP contribution in [-0.4, -0.2) is 47.5 Å². The van der Waals surface area contributed by atoms with E-state index >= 15 is 0 Å². The van der Waals surface area contributed by atoms with Crippen molar-refractivity contribution >= 4 is 11.6 Å². The number of nitrogens with zero attached hydrogens (tertiary/aromatic N) is 4. The molecule has 1 aliphatic heterocycles. The molecule has 2 heterocycles. The van der Waals surface area contributed by atoms with E-state index in [0.29, 0.717) is 12.3 Å². The lowest BCUT2D eigenvalue weighted by atomic mass is 9.95. The van der Waals surface area contributed by atoms with Crippen molar-refractivity contribution < 1.29 is 4.79 Å². The highest BCUT2D eigenvalue weighted by atomic mass is 16.2. The van der Waals surface area contributed by atoms with Gasteiger partial charge in [0.2, 0.25) is 5.91 Å². The Morgan fingerprint density at radius 2 is 1.89 bits per heavy atom. The number of hydrogen-bond acceptors (Lipinski definition) is 3. The molecule has 0 atom stereocenters. The molecule has 1 aromatic carbocycles. The number of carbonyl (C=O) groups excluding carboxylic acids is 1. The van der Waals surface area contributed by atoms with E-state index in [2.05, 4.69) is 51.8 Å². The molecular formula is C22H32N4O. The Morgan fingerprint density at radius 3 is 2.52 bits per heavy atom. The number of imidazole rings is 1. The van der Waals surface area contributed by atoms with Crippen LogP contribution in [-0.2, 0) is 17.8 Å². The lowest BCUT2D eigenvalue weighted by Gasteiger charge is -2.32. The SMILES string of the molecule is CCCCn1ccnc1C1CCN(C(=O)Cc2ccc(N(C)C)cc2)CC1. The fourth-order valence-electron chi connectivity index (χ4n) is 3.78. The van der Waals surface area contributed by atoms with Gasteiger partial charge < -0.3 is 14.4 Å². The standard InChI is InChI=1S/C22H32N4O/c1-4-5-13-26-16-12-23-22(26)19-10-14-25(15-11-19)21(27)17-18-6-8-20(9-7-18)24(2)3/h6-9,12,16,19H,4-5,10-11,13-15,17H2,1-3H3. The summed E-state index contributed by atoms with van der Waals surface area (Å²) < 4.78 is 2.30. The number of amides is 1. The molecule has 0 saturated carbocycles. The summed E-state index contributed by atoms with van der Waals surface area (Å²) in [5, 5.41) is 0. The lowest BCUT2D eigenvalue weighted by molar-refractivity contribution is -0.131. The lowest BCUT2D eigenvalue weighted by Crippen LogP contribution is -2.39. The third-order valence-electron chi connectivity index (χ3n) is 5.52. The molecule has 1 saturated heterocycles. The second-order valence-corrected chi connectivity index (χ2v) is 7.73. The molecule has 146 valence electrons. The van der Waals surface area contributed by atoms with Crippen molar-refractivity contribution in [2.24, 2.45) is 0 Å². The molecule has 5 nitrogen and oxygen atoms in total. The summed E-state index contributed by atoms with van der Waals surface area (Å²) in [6, 6.07) is 8.27. The molecular weight excluding hydrogens is 336 g/mol. The molecule has 1 aromatic heterocycles. The van der Waals surface area contributed by atoms with Crippen molar-refractivity contribution in [1.82, 2.24) is 14.5 Å². The summed E-state index contributed by atoms with van der Waals surface area (Å²) in [4.78, 5) is 21.4. The Bertz CT molecular complexity index is 727. The van der Waals surface area contributed by atoms with Gasteiger partial charge in [0.15, 0.2) is 0 Å². The van der Waals surface area contributed by atoms with Gasteiger partial charge in [-0.05, 0) is 37.0 Å². The fraction of sp³-hybridized carbons (Fsp3) is 0.545. The second kappa shape index (κ2) is 9.07. The van der Waals surface area contributed by atoms with Gasteiger partial charge in [-0.25, -0.2) is 4.98 Å². The number of likely N-dealkylation sites (tertiary alicyclic amines) is 1. The topological polar surface area (TPSA) is 41.4 Å². The van der Waals surface area contributed by atoms with E-state index in [0.717, 1.165) is 43.7 Å². The molecule has 0 aliphatic carbocycles. The van der Waals surface area contributed by atoms with Crippen molar-refractivity contribution in [3.05, 3.63) is 48.0 Å². The normalized spacial score (nSPS) is 15.1. The van der Waals surface area contributed by atoms with Gasteiger partial charge >= 0.3 is 0 Å². The van der Waals surface area contributed by atoms with Crippen molar-refractivity contribution in [2.45, 2.75) is 51.5 Å². The van der Waals surface area contributed by atoms with Crippen LogP contribution < -0.4 is 4.90 Å². The van der Waals surface area contributed by atoms with E-state index < -0.39 is 0 Å². The van der Waals surface area contributed by atoms with Gasteiger partial charge in [0, 0.05) is 57.7 Å². The van der Waals surface area contributed by atoms with Crippen molar-refractivity contribution in [1.29, 1.82) is 0 Å². The van der Waals surface area contributed by atoms with Gasteiger partial charge in [-0.15, -0.1) is 0 Å². The molecule has 2 aromatic rings. The quantitative estimate of drug-likeness (QED) is 0.748. The first-order chi connectivity index (χ1) is 13.1. The summed E-state index contributed by atoms with van der Waals surface area (Å²) >= 11 is 0. The van der Waals surface area contributed by atoms with Gasteiger partial charge in [0.1, 0.15) is 5.82 Å². The van der Waals surface area contributed by atoms with Crippen LogP contribution in [0.3, 0.4) is 0 Å². The predicted octanol–water partition coefficient (Wildman–Crippen LogP) is 3.70. The summed E-state index contributed by atoms with van der Waals surface area (Å²) in [7, 11) is 4.05. The number of benzene rings is 1. The van der Waals surface area contributed by atoms with Crippen molar-refractivity contribution in [3.8, 4) is 0 Å². The van der Waals surface area contributed by atoms with Crippen LogP contribution in [0.5, 0.6) is 0 Å². The van der Waals surface area contributed by atoms with Crippen molar-refractivity contribution in [2.75, 3.05) is 32.1 Å². The third-order valence-corrected chi connectivity index (χ3v) is 5.52. The first-order valence-corrected chi connectivity index (χ1v) is 10.1. The Balaban J connectivity index is 1.53. The maximum Gasteiger partial charge on any atom is 0.226 e. The van der Waals surface area contributed by atoms with Crippen LogP contribution in [0.1, 0.15) is 49.9 Å². The Hall–Kier alpha value is -2.30. The van der Waals surface area contributed by atoms with Gasteiger partial charge in [-0.2, -0.15) is 0 Å². The smallest absolute Gasteiger partial charge is 0.226 e. The monoisotopic (exact) mass is 368 g/mol. The molecule has 1 aliphatic rings. The van der Waals surface area contributed by atoms with Crippen LogP contribution in [0, 0.1) is 0 Å². The average Bonchev–Trinajstić information content (AvgIpc) is 3.15. The summed E-state index contributed by atoms with van der Waals surface area (Å²) in [5.41, 5.74) is 2.24. The van der Waals surface area contributed by atoms with Crippen LogP contribution >= 0.6 is 0 Å². The third kappa shape index (κ3) is 4.90. The zero-order valence-electron chi connectivity index (χ0n) is 16.9. The highest BCUT2D eigenvalue weighted by molar-refractivity contribution is 5.79. The summed E-state index contributed by atoms with van der Waals surface area (Å²) in [6.07, 6.45) is 8.90. The molecule has 0 spiro atoms. The number of unbranched alkanes of at least 4 members (excludes halogenated alkanes) is 1. The zero-order chi connectivity index (χ0) is 19.2. The summed E-state index contributed by atoms with van der Waals surface area (Å²) in [6.45, 7) is 4.93. The maximum absolute atomic E-state index is 12.7. The minimum atomic E-state index is 0.236. The Kier molecular flexibility index (Phi) is 6.54. The van der Waals surface area contributed by atoms with Crippen LogP contribution in [0.4, 0.5) is 5.69 Å². The zero-order valence-corrected chi connectivity index (χ0v) is 16.9. The maximum atomic E-state index is 12.7. The minimum absolute atomic E-state index is 0.236. The molecule has 1 fully saturated rings. The van der Waals surface area contributed by atoms with Gasteiger partial charge in [0.25, 0.3) is 0 Å². The number of anilines is 1. The van der Waals surface area contributed by atoms with E-state index in [-0.39, 0.29) is 5.91 Å². The molecule has 1 amide bonds. The Morgan fingerprint density at radius 1 is 1.19 bits per heavy atom. The number of aryl methyl sites for hydroxylation is 1. The minimum Gasteiger partial charge on any atom is -0.378 e. The average molecular weight is 369 g/mol. The number of piperidine rings is 1. The first kappa shape index (κ1) is 19.5. The van der Waals surface area contributed by atoms with E-state index in [1.165, 1.54) is 18.7 Å². The van der Waals surface area contributed by atoms with Gasteiger partial charge in [-0.3, -0.25) is 4.79 Å². The van der Waals surface area contributed by atoms with E-state index in [1.54, 1.807) is 0 Å². The van der Waals surface area contributed by atoms with E-state index in [4.69, 9.17) is 0 Å². The van der Waals surface area contributed by atoms with Gasteiger partial charge in [-0.1, -0.05) is 25.5 Å². The van der Waals surface area contributed by atoms with Crippen LogP contribution in [0.15, 0.2) is 36.7 Å². The molecule has 0 radical (unpaired) electrons. The highest BCUT2D eigenvalue weighted by Crippen LogP contribution is 2.27. The molecule has 5 heteroatoms. The fourth-order valence-corrected chi connectivity index (χ4v) is 3.78. The van der Waals surface area contributed by atoms with Crippen molar-refractivity contribution in [3.63, 3.8) is 0 Å². The highest BCUT2D eigenvalue weighted by Gasteiger charge is 2.26. The molecule has 0 N–H and O–H groups in total. The largest absolute Gasteiger partial charge is 0.378 e. The molecule has 3 rings (SSSR count). The van der Waals surface area contributed by atoms with E-state index in [1.807, 2.05) is 25.2 Å². The van der Waals surface area contributed by atoms with E-state index in [9.17, 15) is 4.79 Å². The second-order valence-electron chi connectivity index (χ2n) is 7.73.